The van der Waals surface area contributed by atoms with Crippen molar-refractivity contribution in [1.29, 1.82) is 0 Å². The fourth-order valence-electron chi connectivity index (χ4n) is 0.544. The molecule has 0 aromatic carbocycles. The van der Waals surface area contributed by atoms with Gasteiger partial charge < -0.3 is 0 Å². The van der Waals surface area contributed by atoms with Crippen LogP contribution in [0.1, 0.15) is 6.42 Å². The number of imide groups is 1. The van der Waals surface area contributed by atoms with E-state index in [1.165, 1.54) is 3.11 Å². The summed E-state index contributed by atoms with van der Waals surface area (Å²) in [5.74, 6) is -0.187. The van der Waals surface area contributed by atoms with Gasteiger partial charge in [-0.1, -0.05) is 0 Å². The van der Waals surface area contributed by atoms with Gasteiger partial charge >= 0.3 is 6.03 Å². The maximum atomic E-state index is 10.6. The lowest BCUT2D eigenvalue weighted by atomic mass is 10.3. The monoisotopic (exact) mass is 240 g/mol. The number of hydrogen-bond acceptors (Lipinski definition) is 2. The summed E-state index contributed by atoms with van der Waals surface area (Å²) in [5.41, 5.74) is 0. The molecule has 4 nitrogen and oxygen atoms in total. The highest BCUT2D eigenvalue weighted by molar-refractivity contribution is 14.1. The van der Waals surface area contributed by atoms with Gasteiger partial charge in [-0.15, -0.1) is 0 Å². The number of hydrogen-bond donors (Lipinski definition) is 1. The number of amides is 3. The molecule has 50 valence electrons. The third-order valence-corrected chi connectivity index (χ3v) is 1.92. The van der Waals surface area contributed by atoms with Crippen LogP contribution in [0.3, 0.4) is 0 Å². The Hall–Kier alpha value is -0.330. The largest absolute Gasteiger partial charge is 0.332 e. The fraction of sp³-hybridized carbons (Fsp3) is 0.500. The molecule has 0 radical (unpaired) electrons. The van der Waals surface area contributed by atoms with Crippen LogP contribution in [0.15, 0.2) is 0 Å². The third-order valence-electron chi connectivity index (χ3n) is 1.00. The van der Waals surface area contributed by atoms with Crippen LogP contribution in [0.4, 0.5) is 4.79 Å². The number of halogens is 1. The van der Waals surface area contributed by atoms with Crippen LogP contribution in [-0.2, 0) is 4.79 Å². The van der Waals surface area contributed by atoms with Crippen LogP contribution >= 0.6 is 22.9 Å². The molecule has 0 aromatic rings. The average Bonchev–Trinajstić information content (AvgIpc) is 1.80. The minimum absolute atomic E-state index is 0.187. The Balaban J connectivity index is 2.54. The van der Waals surface area contributed by atoms with Gasteiger partial charge in [0.2, 0.25) is 5.91 Å². The van der Waals surface area contributed by atoms with Crippen molar-refractivity contribution in [3.8, 4) is 0 Å². The summed E-state index contributed by atoms with van der Waals surface area (Å²) in [4.78, 5) is 21.0. The smallest absolute Gasteiger partial charge is 0.277 e. The summed E-state index contributed by atoms with van der Waals surface area (Å²) in [5, 5.41) is 2.17. The Bertz CT molecular complexity index is 159. The molecule has 0 unspecified atom stereocenters. The van der Waals surface area contributed by atoms with E-state index in [1.807, 2.05) is 22.9 Å². The molecule has 0 aliphatic carbocycles. The highest BCUT2D eigenvalue weighted by Gasteiger charge is 2.19. The molecule has 3 amide bonds. The number of urea groups is 1. The van der Waals surface area contributed by atoms with Gasteiger partial charge in [-0.3, -0.25) is 13.2 Å². The second-order valence-corrected chi connectivity index (χ2v) is 2.85. The molecule has 0 aromatic heterocycles. The van der Waals surface area contributed by atoms with Gasteiger partial charge in [0, 0.05) is 13.0 Å². The summed E-state index contributed by atoms with van der Waals surface area (Å²) < 4.78 is 1.44. The Morgan fingerprint density at radius 2 is 2.22 bits per heavy atom. The fourth-order valence-corrected chi connectivity index (χ4v) is 0.905. The average molecular weight is 240 g/mol. The Morgan fingerprint density at radius 3 is 2.67 bits per heavy atom. The van der Waals surface area contributed by atoms with Gasteiger partial charge in [-0.25, -0.2) is 4.79 Å². The van der Waals surface area contributed by atoms with E-state index in [2.05, 4.69) is 5.32 Å². The molecule has 1 heterocycles. The van der Waals surface area contributed by atoms with Crippen LogP contribution in [-0.4, -0.2) is 21.6 Å². The van der Waals surface area contributed by atoms with E-state index >= 15 is 0 Å². The Kier molecular flexibility index (Phi) is 1.89. The minimum atomic E-state index is -0.313. The molecule has 1 rings (SSSR count). The first-order chi connectivity index (χ1) is 4.20. The zero-order chi connectivity index (χ0) is 6.85. The zero-order valence-corrected chi connectivity index (χ0v) is 6.71. The van der Waals surface area contributed by atoms with Crippen molar-refractivity contribution in [2.45, 2.75) is 6.42 Å². The second-order valence-electron chi connectivity index (χ2n) is 1.69. The number of rotatable bonds is 0. The zero-order valence-electron chi connectivity index (χ0n) is 4.56. The predicted octanol–water partition coefficient (Wildman–Crippen LogP) is 0.278. The van der Waals surface area contributed by atoms with Crippen LogP contribution < -0.4 is 5.32 Å². The molecule has 9 heavy (non-hydrogen) atoms. The van der Waals surface area contributed by atoms with Crippen molar-refractivity contribution in [3.05, 3.63) is 0 Å². The van der Waals surface area contributed by atoms with Gasteiger partial charge in [0.15, 0.2) is 0 Å². The lowest BCUT2D eigenvalue weighted by Gasteiger charge is -2.18. The van der Waals surface area contributed by atoms with E-state index in [1.54, 1.807) is 0 Å². The summed E-state index contributed by atoms with van der Waals surface area (Å²) in [6.07, 6.45) is 0.411. The molecule has 1 aliphatic rings. The molecule has 5 heteroatoms. The van der Waals surface area contributed by atoms with Crippen molar-refractivity contribution in [2.24, 2.45) is 0 Å². The van der Waals surface area contributed by atoms with E-state index in [0.717, 1.165) is 0 Å². The molecule has 0 saturated carbocycles. The maximum absolute atomic E-state index is 10.6. The SMILES string of the molecule is O=C1CCN(I)C(=O)N1. The topological polar surface area (TPSA) is 49.4 Å². The summed E-state index contributed by atoms with van der Waals surface area (Å²) in [6, 6.07) is -0.313. The number of carbonyl (C=O) groups excluding carboxylic acids is 2. The van der Waals surface area contributed by atoms with E-state index in [0.29, 0.717) is 13.0 Å². The highest BCUT2D eigenvalue weighted by Crippen LogP contribution is 2.04. The highest BCUT2D eigenvalue weighted by atomic mass is 127. The maximum Gasteiger partial charge on any atom is 0.332 e. The van der Waals surface area contributed by atoms with Crippen molar-refractivity contribution in [3.63, 3.8) is 0 Å². The lowest BCUT2D eigenvalue weighted by molar-refractivity contribution is -0.120. The normalized spacial score (nSPS) is 19.9. The van der Waals surface area contributed by atoms with Crippen molar-refractivity contribution in [2.75, 3.05) is 6.54 Å². The first-order valence-electron chi connectivity index (χ1n) is 2.47. The van der Waals surface area contributed by atoms with Crippen molar-refractivity contribution >= 4 is 34.8 Å². The minimum Gasteiger partial charge on any atom is -0.277 e. The van der Waals surface area contributed by atoms with Crippen LogP contribution in [0.2, 0.25) is 0 Å². The summed E-state index contributed by atoms with van der Waals surface area (Å²) in [6.45, 7) is 0.519. The van der Waals surface area contributed by atoms with Crippen molar-refractivity contribution in [1.82, 2.24) is 8.43 Å². The quantitative estimate of drug-likeness (QED) is 0.488. The van der Waals surface area contributed by atoms with E-state index < -0.39 is 0 Å². The van der Waals surface area contributed by atoms with Gasteiger partial charge in [-0.05, 0) is 0 Å². The summed E-state index contributed by atoms with van der Waals surface area (Å²) in [7, 11) is 0. The number of nitrogens with one attached hydrogen (secondary N) is 1. The summed E-state index contributed by atoms with van der Waals surface area (Å²) >= 11 is 1.86. The molecule has 0 bridgehead atoms. The van der Waals surface area contributed by atoms with Crippen LogP contribution in [0.5, 0.6) is 0 Å². The molecular formula is C4H5IN2O2. The lowest BCUT2D eigenvalue weighted by Crippen LogP contribution is -2.44. The van der Waals surface area contributed by atoms with Gasteiger partial charge in [0.05, 0.1) is 22.9 Å². The molecule has 1 N–H and O–H groups in total. The molecule has 0 spiro atoms. The molecule has 1 saturated heterocycles. The Morgan fingerprint density at radius 1 is 1.56 bits per heavy atom. The van der Waals surface area contributed by atoms with E-state index in [4.69, 9.17) is 0 Å². The third kappa shape index (κ3) is 1.54. The molecule has 1 aliphatic heterocycles. The van der Waals surface area contributed by atoms with Crippen LogP contribution in [0.25, 0.3) is 0 Å². The van der Waals surface area contributed by atoms with Gasteiger partial charge in [0.1, 0.15) is 0 Å². The number of nitrogens with zero attached hydrogens (tertiary/aromatic N) is 1. The molecular weight excluding hydrogens is 235 g/mol. The Labute approximate surface area is 66.1 Å². The van der Waals surface area contributed by atoms with Gasteiger partial charge in [0.25, 0.3) is 0 Å². The number of carbonyl (C=O) groups is 2. The molecule has 1 fully saturated rings. The molecule has 0 atom stereocenters. The van der Waals surface area contributed by atoms with E-state index in [9.17, 15) is 9.59 Å². The van der Waals surface area contributed by atoms with Crippen molar-refractivity contribution < 1.29 is 9.59 Å². The predicted molar refractivity (Wildman–Crippen MR) is 38.9 cm³/mol. The second kappa shape index (κ2) is 2.51. The standard InChI is InChI=1S/C4H5IN2O2/c5-7-2-1-3(8)6-4(7)9/h1-2H2,(H,6,8,9). The van der Waals surface area contributed by atoms with Gasteiger partial charge in [-0.2, -0.15) is 0 Å². The van der Waals surface area contributed by atoms with Crippen LogP contribution in [0, 0.1) is 0 Å². The first-order valence-corrected chi connectivity index (χ1v) is 3.44. The van der Waals surface area contributed by atoms with E-state index in [-0.39, 0.29) is 11.9 Å². The first kappa shape index (κ1) is 6.79.